The number of rotatable bonds is 5. The Bertz CT molecular complexity index is 1110. The van der Waals surface area contributed by atoms with Crippen LogP contribution in [0.3, 0.4) is 0 Å². The first-order valence-electron chi connectivity index (χ1n) is 10.4. The summed E-state index contributed by atoms with van der Waals surface area (Å²) in [5, 5.41) is 1.37. The van der Waals surface area contributed by atoms with E-state index in [4.69, 9.17) is 16.3 Å². The van der Waals surface area contributed by atoms with Gasteiger partial charge in [0.1, 0.15) is 15.9 Å². The highest BCUT2D eigenvalue weighted by Gasteiger charge is 2.34. The molecule has 6 nitrogen and oxygen atoms in total. The molecule has 0 radical (unpaired) electrons. The summed E-state index contributed by atoms with van der Waals surface area (Å²) in [5.74, 6) is -0.377. The van der Waals surface area contributed by atoms with Crippen LogP contribution in [-0.2, 0) is 9.53 Å². The zero-order valence-electron chi connectivity index (χ0n) is 18.0. The SMILES string of the molecule is COC(=O)[C@@H](c1ccccc1Cl)N1CCN(C(=O)c2sc(-c3ccccc3)nc2C)CC1. The Morgan fingerprint density at radius 2 is 1.69 bits per heavy atom. The summed E-state index contributed by atoms with van der Waals surface area (Å²) < 4.78 is 5.05. The van der Waals surface area contributed by atoms with Gasteiger partial charge in [-0.1, -0.05) is 60.1 Å². The molecule has 32 heavy (non-hydrogen) atoms. The molecule has 3 aromatic rings. The van der Waals surface area contributed by atoms with E-state index >= 15 is 0 Å². The molecule has 2 heterocycles. The Morgan fingerprint density at radius 1 is 1.03 bits per heavy atom. The van der Waals surface area contributed by atoms with Gasteiger partial charge in [-0.05, 0) is 18.6 Å². The van der Waals surface area contributed by atoms with Gasteiger partial charge in [0.25, 0.3) is 5.91 Å². The van der Waals surface area contributed by atoms with Gasteiger partial charge in [-0.25, -0.2) is 9.78 Å². The number of methoxy groups -OCH3 is 1. The average Bonchev–Trinajstić information content (AvgIpc) is 3.22. The number of amides is 1. The first kappa shape index (κ1) is 22.5. The Morgan fingerprint density at radius 3 is 2.34 bits per heavy atom. The Balaban J connectivity index is 1.48. The minimum Gasteiger partial charge on any atom is -0.468 e. The molecule has 1 amide bonds. The monoisotopic (exact) mass is 469 g/mol. The number of hydrogen-bond acceptors (Lipinski definition) is 6. The molecular weight excluding hydrogens is 446 g/mol. The molecule has 4 rings (SSSR count). The van der Waals surface area contributed by atoms with Crippen molar-refractivity contribution in [1.29, 1.82) is 0 Å². The number of hydrogen-bond donors (Lipinski definition) is 0. The van der Waals surface area contributed by atoms with E-state index in [1.165, 1.54) is 18.4 Å². The molecule has 2 aromatic carbocycles. The first-order valence-corrected chi connectivity index (χ1v) is 11.6. The second-order valence-corrected chi connectivity index (χ2v) is 8.98. The molecule has 166 valence electrons. The number of carbonyl (C=O) groups is 2. The van der Waals surface area contributed by atoms with Gasteiger partial charge < -0.3 is 9.64 Å². The zero-order valence-corrected chi connectivity index (χ0v) is 19.5. The maximum absolute atomic E-state index is 13.2. The van der Waals surface area contributed by atoms with E-state index in [1.54, 1.807) is 6.07 Å². The van der Waals surface area contributed by atoms with Crippen LogP contribution in [0.2, 0.25) is 5.02 Å². The van der Waals surface area contributed by atoms with Crippen molar-refractivity contribution in [2.45, 2.75) is 13.0 Å². The van der Waals surface area contributed by atoms with Crippen LogP contribution < -0.4 is 0 Å². The van der Waals surface area contributed by atoms with E-state index in [0.717, 1.165) is 16.3 Å². The number of aryl methyl sites for hydroxylation is 1. The number of ether oxygens (including phenoxy) is 1. The third kappa shape index (κ3) is 4.55. The van der Waals surface area contributed by atoms with E-state index in [1.807, 2.05) is 65.3 Å². The van der Waals surface area contributed by atoms with Gasteiger partial charge in [0, 0.05) is 36.8 Å². The lowest BCUT2D eigenvalue weighted by Crippen LogP contribution is -2.51. The molecule has 0 bridgehead atoms. The van der Waals surface area contributed by atoms with Gasteiger partial charge >= 0.3 is 5.97 Å². The third-order valence-electron chi connectivity index (χ3n) is 5.60. The standard InChI is InChI=1S/C24H24ClN3O3S/c1-16-21(32-22(26-16)17-8-4-3-5-9-17)23(29)28-14-12-27(13-15-28)20(24(30)31-2)18-10-6-7-11-19(18)25/h3-11,20H,12-15H2,1-2H3/t20-/m1/s1. The van der Waals surface area contributed by atoms with Crippen molar-refractivity contribution in [2.24, 2.45) is 0 Å². The fourth-order valence-electron chi connectivity index (χ4n) is 3.91. The highest BCUT2D eigenvalue weighted by Crippen LogP contribution is 2.31. The van der Waals surface area contributed by atoms with E-state index in [9.17, 15) is 9.59 Å². The van der Waals surface area contributed by atoms with Crippen LogP contribution >= 0.6 is 22.9 Å². The highest BCUT2D eigenvalue weighted by atomic mass is 35.5. The van der Waals surface area contributed by atoms with E-state index in [-0.39, 0.29) is 11.9 Å². The van der Waals surface area contributed by atoms with Crippen molar-refractivity contribution in [3.8, 4) is 10.6 Å². The molecule has 0 aliphatic carbocycles. The molecule has 1 aliphatic heterocycles. The van der Waals surface area contributed by atoms with Crippen LogP contribution in [0.1, 0.15) is 27.0 Å². The summed E-state index contributed by atoms with van der Waals surface area (Å²) in [6.07, 6.45) is 0. The number of aromatic nitrogens is 1. The van der Waals surface area contributed by atoms with Crippen molar-refractivity contribution >= 4 is 34.8 Å². The number of carbonyl (C=O) groups excluding carboxylic acids is 2. The second kappa shape index (κ2) is 9.81. The van der Waals surface area contributed by atoms with Crippen LogP contribution in [0.4, 0.5) is 0 Å². The number of piperazine rings is 1. The topological polar surface area (TPSA) is 62.7 Å². The molecule has 1 fully saturated rings. The van der Waals surface area contributed by atoms with Crippen molar-refractivity contribution in [1.82, 2.24) is 14.8 Å². The summed E-state index contributed by atoms with van der Waals surface area (Å²) in [6, 6.07) is 16.6. The zero-order chi connectivity index (χ0) is 22.7. The van der Waals surface area contributed by atoms with Crippen LogP contribution in [0.25, 0.3) is 10.6 Å². The van der Waals surface area contributed by atoms with E-state index < -0.39 is 6.04 Å². The first-order chi connectivity index (χ1) is 15.5. The third-order valence-corrected chi connectivity index (χ3v) is 7.14. The number of benzene rings is 2. The predicted molar refractivity (Wildman–Crippen MR) is 126 cm³/mol. The number of halogens is 1. The lowest BCUT2D eigenvalue weighted by Gasteiger charge is -2.38. The summed E-state index contributed by atoms with van der Waals surface area (Å²) >= 11 is 7.79. The summed E-state index contributed by atoms with van der Waals surface area (Å²) in [4.78, 5) is 34.9. The maximum Gasteiger partial charge on any atom is 0.327 e. The van der Waals surface area contributed by atoms with Crippen LogP contribution in [0.15, 0.2) is 54.6 Å². The molecule has 0 N–H and O–H groups in total. The fraction of sp³-hybridized carbons (Fsp3) is 0.292. The van der Waals surface area contributed by atoms with Gasteiger partial charge in [0.2, 0.25) is 0 Å². The van der Waals surface area contributed by atoms with Crippen molar-refractivity contribution < 1.29 is 14.3 Å². The maximum atomic E-state index is 13.2. The van der Waals surface area contributed by atoms with E-state index in [0.29, 0.717) is 41.6 Å². The normalized spacial score (nSPS) is 15.4. The van der Waals surface area contributed by atoms with Gasteiger partial charge in [-0.15, -0.1) is 11.3 Å². The molecule has 1 aliphatic rings. The Kier molecular flexibility index (Phi) is 6.89. The molecular formula is C24H24ClN3O3S. The van der Waals surface area contributed by atoms with Crippen molar-refractivity contribution in [2.75, 3.05) is 33.3 Å². The van der Waals surface area contributed by atoms with E-state index in [2.05, 4.69) is 4.98 Å². The largest absolute Gasteiger partial charge is 0.468 e. The number of nitrogens with zero attached hydrogens (tertiary/aromatic N) is 3. The number of esters is 1. The second-order valence-electron chi connectivity index (χ2n) is 7.57. The fourth-order valence-corrected chi connectivity index (χ4v) is 5.19. The molecule has 1 aromatic heterocycles. The summed E-state index contributed by atoms with van der Waals surface area (Å²) in [6.45, 7) is 3.97. The van der Waals surface area contributed by atoms with Gasteiger partial charge in [0.05, 0.1) is 12.8 Å². The molecule has 0 saturated carbocycles. The molecule has 1 atom stereocenters. The predicted octanol–water partition coefficient (Wildman–Crippen LogP) is 4.44. The molecule has 1 saturated heterocycles. The minimum atomic E-state index is -0.597. The number of thiazole rings is 1. The molecule has 8 heteroatoms. The Labute approximate surface area is 196 Å². The van der Waals surface area contributed by atoms with Gasteiger partial charge in [-0.2, -0.15) is 0 Å². The summed E-state index contributed by atoms with van der Waals surface area (Å²) in [7, 11) is 1.38. The van der Waals surface area contributed by atoms with Crippen LogP contribution in [0.5, 0.6) is 0 Å². The van der Waals surface area contributed by atoms with Crippen molar-refractivity contribution in [3.05, 3.63) is 75.8 Å². The summed E-state index contributed by atoms with van der Waals surface area (Å²) in [5.41, 5.74) is 2.46. The lowest BCUT2D eigenvalue weighted by molar-refractivity contribution is -0.148. The Hall–Kier alpha value is -2.74. The lowest BCUT2D eigenvalue weighted by atomic mass is 10.0. The molecule has 0 spiro atoms. The van der Waals surface area contributed by atoms with Gasteiger partial charge in [0.15, 0.2) is 0 Å². The smallest absolute Gasteiger partial charge is 0.327 e. The average molecular weight is 470 g/mol. The van der Waals surface area contributed by atoms with Crippen LogP contribution in [0, 0.1) is 6.92 Å². The minimum absolute atomic E-state index is 0.0193. The highest BCUT2D eigenvalue weighted by molar-refractivity contribution is 7.17. The quantitative estimate of drug-likeness (QED) is 0.517. The van der Waals surface area contributed by atoms with Crippen molar-refractivity contribution in [3.63, 3.8) is 0 Å². The van der Waals surface area contributed by atoms with Crippen LogP contribution in [-0.4, -0.2) is 59.9 Å². The van der Waals surface area contributed by atoms with Gasteiger partial charge in [-0.3, -0.25) is 9.69 Å². The molecule has 0 unspecified atom stereocenters.